The molecule has 0 aliphatic rings. The molecule has 2 aromatic rings. The van der Waals surface area contributed by atoms with Crippen molar-refractivity contribution in [3.05, 3.63) is 47.5 Å². The van der Waals surface area contributed by atoms with Crippen molar-refractivity contribution < 1.29 is 27.8 Å². The maximum atomic E-state index is 12.7. The van der Waals surface area contributed by atoms with Gasteiger partial charge in [-0.3, -0.25) is 4.72 Å². The lowest BCUT2D eigenvalue weighted by atomic mass is 10.2. The van der Waals surface area contributed by atoms with Gasteiger partial charge in [-0.15, -0.1) is 0 Å². The number of anilines is 1. The minimum absolute atomic E-state index is 0.0356. The van der Waals surface area contributed by atoms with E-state index < -0.39 is 16.0 Å². The van der Waals surface area contributed by atoms with Crippen molar-refractivity contribution >= 4 is 21.7 Å². The first kappa shape index (κ1) is 17.6. The standard InChI is InChI=1S/C16H17NO6S/c1-10-8-14(23-3)15(9-13(10)22-2)24(20,21)17-12-7-5-4-6-11(12)16(18)19/h4-9,17H,1-3H3,(H,18,19). The Morgan fingerprint density at radius 1 is 1.08 bits per heavy atom. The van der Waals surface area contributed by atoms with Crippen LogP contribution in [0.5, 0.6) is 11.5 Å². The summed E-state index contributed by atoms with van der Waals surface area (Å²) in [6.07, 6.45) is 0. The Bertz CT molecular complexity index is 876. The van der Waals surface area contributed by atoms with E-state index in [0.29, 0.717) is 11.3 Å². The van der Waals surface area contributed by atoms with E-state index in [1.807, 2.05) is 0 Å². The lowest BCUT2D eigenvalue weighted by Gasteiger charge is -2.15. The first-order valence-corrected chi connectivity index (χ1v) is 8.36. The molecule has 2 rings (SSSR count). The fourth-order valence-electron chi connectivity index (χ4n) is 2.19. The third-order valence-corrected chi connectivity index (χ3v) is 4.76. The average Bonchev–Trinajstić information content (AvgIpc) is 2.54. The van der Waals surface area contributed by atoms with Crippen molar-refractivity contribution in [2.75, 3.05) is 18.9 Å². The lowest BCUT2D eigenvalue weighted by Crippen LogP contribution is -2.16. The third kappa shape index (κ3) is 3.43. The van der Waals surface area contributed by atoms with Crippen LogP contribution >= 0.6 is 0 Å². The van der Waals surface area contributed by atoms with Crippen LogP contribution in [-0.2, 0) is 10.0 Å². The Morgan fingerprint density at radius 2 is 1.71 bits per heavy atom. The summed E-state index contributed by atoms with van der Waals surface area (Å²) >= 11 is 0. The van der Waals surface area contributed by atoms with Crippen LogP contribution in [0.25, 0.3) is 0 Å². The minimum Gasteiger partial charge on any atom is -0.496 e. The molecule has 0 fully saturated rings. The van der Waals surface area contributed by atoms with Crippen LogP contribution in [0, 0.1) is 6.92 Å². The number of ether oxygens (including phenoxy) is 2. The highest BCUT2D eigenvalue weighted by Gasteiger charge is 2.23. The number of rotatable bonds is 6. The molecule has 0 saturated carbocycles. The smallest absolute Gasteiger partial charge is 0.337 e. The van der Waals surface area contributed by atoms with E-state index in [9.17, 15) is 18.3 Å². The second kappa shape index (κ2) is 6.79. The summed E-state index contributed by atoms with van der Waals surface area (Å²) in [6, 6.07) is 8.61. The second-order valence-corrected chi connectivity index (χ2v) is 6.58. The molecule has 0 unspecified atom stereocenters. The number of hydrogen-bond donors (Lipinski definition) is 2. The molecule has 2 aromatic carbocycles. The summed E-state index contributed by atoms with van der Waals surface area (Å²) in [5, 5.41) is 9.17. The fourth-order valence-corrected chi connectivity index (χ4v) is 3.44. The van der Waals surface area contributed by atoms with Crippen LogP contribution in [0.4, 0.5) is 5.69 Å². The summed E-state index contributed by atoms with van der Waals surface area (Å²) in [5.74, 6) is -0.724. The molecule has 0 radical (unpaired) electrons. The van der Waals surface area contributed by atoms with Gasteiger partial charge in [0.2, 0.25) is 0 Å². The monoisotopic (exact) mass is 351 g/mol. The largest absolute Gasteiger partial charge is 0.496 e. The van der Waals surface area contributed by atoms with Gasteiger partial charge in [0.15, 0.2) is 0 Å². The van der Waals surface area contributed by atoms with Gasteiger partial charge in [0.25, 0.3) is 10.0 Å². The number of nitrogens with one attached hydrogen (secondary N) is 1. The van der Waals surface area contributed by atoms with Crippen molar-refractivity contribution in [1.82, 2.24) is 0 Å². The number of aryl methyl sites for hydroxylation is 1. The zero-order valence-electron chi connectivity index (χ0n) is 13.4. The Balaban J connectivity index is 2.54. The van der Waals surface area contributed by atoms with Gasteiger partial charge in [0.1, 0.15) is 16.4 Å². The Morgan fingerprint density at radius 3 is 2.29 bits per heavy atom. The normalized spacial score (nSPS) is 11.0. The number of aromatic carboxylic acids is 1. The number of carboxylic acid groups (broad SMARTS) is 1. The zero-order chi connectivity index (χ0) is 17.9. The van der Waals surface area contributed by atoms with Crippen molar-refractivity contribution in [2.45, 2.75) is 11.8 Å². The van der Waals surface area contributed by atoms with Gasteiger partial charge in [0, 0.05) is 6.07 Å². The molecule has 0 bridgehead atoms. The molecule has 0 spiro atoms. The molecular formula is C16H17NO6S. The highest BCUT2D eigenvalue weighted by Crippen LogP contribution is 2.33. The number of methoxy groups -OCH3 is 2. The molecule has 0 aliphatic carbocycles. The predicted molar refractivity (Wildman–Crippen MR) is 88.5 cm³/mol. The molecule has 0 atom stereocenters. The molecular weight excluding hydrogens is 334 g/mol. The van der Waals surface area contributed by atoms with Crippen LogP contribution in [0.3, 0.4) is 0 Å². The quantitative estimate of drug-likeness (QED) is 0.829. The Hall–Kier alpha value is -2.74. The molecule has 0 amide bonds. The molecule has 8 heteroatoms. The highest BCUT2D eigenvalue weighted by molar-refractivity contribution is 7.92. The third-order valence-electron chi connectivity index (χ3n) is 3.37. The number of sulfonamides is 1. The van der Waals surface area contributed by atoms with E-state index in [-0.39, 0.29) is 21.9 Å². The summed E-state index contributed by atoms with van der Waals surface area (Å²) in [5.41, 5.74) is 0.518. The SMILES string of the molecule is COc1cc(S(=O)(=O)Nc2ccccc2C(=O)O)c(OC)cc1C. The molecule has 24 heavy (non-hydrogen) atoms. The number of para-hydroxylation sites is 1. The summed E-state index contributed by atoms with van der Waals surface area (Å²) < 4.78 is 38.0. The van der Waals surface area contributed by atoms with E-state index in [1.165, 1.54) is 50.6 Å². The van der Waals surface area contributed by atoms with Crippen molar-refractivity contribution in [1.29, 1.82) is 0 Å². The summed E-state index contributed by atoms with van der Waals surface area (Å²) in [6.45, 7) is 1.75. The van der Waals surface area contributed by atoms with Crippen molar-refractivity contribution in [3.8, 4) is 11.5 Å². The molecule has 0 aromatic heterocycles. The first-order valence-electron chi connectivity index (χ1n) is 6.88. The van der Waals surface area contributed by atoms with Crippen molar-refractivity contribution in [3.63, 3.8) is 0 Å². The van der Waals surface area contributed by atoms with Gasteiger partial charge in [-0.25, -0.2) is 13.2 Å². The number of benzene rings is 2. The molecule has 128 valence electrons. The van der Waals surface area contributed by atoms with E-state index in [1.54, 1.807) is 6.92 Å². The fraction of sp³-hybridized carbons (Fsp3) is 0.188. The number of carbonyl (C=O) groups is 1. The lowest BCUT2D eigenvalue weighted by molar-refractivity contribution is 0.0698. The maximum Gasteiger partial charge on any atom is 0.337 e. The highest BCUT2D eigenvalue weighted by atomic mass is 32.2. The molecule has 0 saturated heterocycles. The van der Waals surface area contributed by atoms with E-state index in [4.69, 9.17) is 9.47 Å². The summed E-state index contributed by atoms with van der Waals surface area (Å²) in [4.78, 5) is 11.1. The first-order chi connectivity index (χ1) is 11.3. The molecule has 0 heterocycles. The predicted octanol–water partition coefficient (Wildman–Crippen LogP) is 2.51. The van der Waals surface area contributed by atoms with Crippen LogP contribution in [0.15, 0.2) is 41.3 Å². The molecule has 0 aliphatic heterocycles. The van der Waals surface area contributed by atoms with Crippen LogP contribution in [-0.4, -0.2) is 33.7 Å². The van der Waals surface area contributed by atoms with Crippen LogP contribution in [0.1, 0.15) is 15.9 Å². The number of carboxylic acids is 1. The van der Waals surface area contributed by atoms with Crippen molar-refractivity contribution in [2.24, 2.45) is 0 Å². The van der Waals surface area contributed by atoms with E-state index in [0.717, 1.165) is 0 Å². The topological polar surface area (TPSA) is 102 Å². The molecule has 2 N–H and O–H groups in total. The minimum atomic E-state index is -4.08. The van der Waals surface area contributed by atoms with Crippen LogP contribution < -0.4 is 14.2 Å². The maximum absolute atomic E-state index is 12.7. The summed E-state index contributed by atoms with van der Waals surface area (Å²) in [7, 11) is -1.30. The van der Waals surface area contributed by atoms with E-state index in [2.05, 4.69) is 4.72 Å². The van der Waals surface area contributed by atoms with Crippen LogP contribution in [0.2, 0.25) is 0 Å². The number of hydrogen-bond acceptors (Lipinski definition) is 5. The Labute approximate surface area is 139 Å². The Kier molecular flexibility index (Phi) is 4.99. The van der Waals surface area contributed by atoms with E-state index >= 15 is 0 Å². The van der Waals surface area contributed by atoms with Gasteiger partial charge < -0.3 is 14.6 Å². The zero-order valence-corrected chi connectivity index (χ0v) is 14.2. The van der Waals surface area contributed by atoms with Gasteiger partial charge in [-0.1, -0.05) is 12.1 Å². The van der Waals surface area contributed by atoms with Gasteiger partial charge >= 0.3 is 5.97 Å². The van der Waals surface area contributed by atoms with Gasteiger partial charge in [-0.2, -0.15) is 0 Å². The second-order valence-electron chi connectivity index (χ2n) is 4.93. The van der Waals surface area contributed by atoms with Gasteiger partial charge in [-0.05, 0) is 30.7 Å². The van der Waals surface area contributed by atoms with Gasteiger partial charge in [0.05, 0.1) is 25.5 Å². The average molecular weight is 351 g/mol. The molecule has 7 nitrogen and oxygen atoms in total.